The Labute approximate surface area is 174 Å². The highest BCUT2D eigenvalue weighted by Crippen LogP contribution is 2.34. The third kappa shape index (κ3) is 3.50. The van der Waals surface area contributed by atoms with Gasteiger partial charge in [0, 0.05) is 42.5 Å². The molecule has 1 unspecified atom stereocenters. The van der Waals surface area contributed by atoms with Crippen LogP contribution in [-0.4, -0.2) is 65.7 Å². The van der Waals surface area contributed by atoms with Crippen molar-refractivity contribution in [1.29, 1.82) is 0 Å². The van der Waals surface area contributed by atoms with Crippen molar-refractivity contribution in [1.82, 2.24) is 15.2 Å². The molecule has 1 N–H and O–H groups in total. The predicted octanol–water partition coefficient (Wildman–Crippen LogP) is 3.33. The van der Waals surface area contributed by atoms with Crippen LogP contribution >= 0.6 is 11.8 Å². The minimum absolute atomic E-state index is 0.0319. The molecular formula is C23H25N3O2S. The number of hydrogen-bond donors (Lipinski definition) is 1. The van der Waals surface area contributed by atoms with Gasteiger partial charge in [-0.3, -0.25) is 14.7 Å². The molecule has 5 nitrogen and oxygen atoms in total. The molecule has 3 aromatic rings. The molecule has 1 aromatic heterocycles. The molecule has 1 amide bonds. The van der Waals surface area contributed by atoms with E-state index in [4.69, 9.17) is 4.74 Å². The maximum atomic E-state index is 13.3. The molecule has 0 radical (unpaired) electrons. The number of ether oxygens (including phenoxy) is 1. The number of aromatic nitrogens is 1. The molecule has 29 heavy (non-hydrogen) atoms. The lowest BCUT2D eigenvalue weighted by Gasteiger charge is -2.43. The van der Waals surface area contributed by atoms with Crippen molar-refractivity contribution < 1.29 is 9.53 Å². The summed E-state index contributed by atoms with van der Waals surface area (Å²) in [5.41, 5.74) is 1.46. The predicted molar refractivity (Wildman–Crippen MR) is 119 cm³/mol. The fraction of sp³-hybridized carbons (Fsp3) is 0.391. The zero-order chi connectivity index (χ0) is 19.7. The van der Waals surface area contributed by atoms with Gasteiger partial charge >= 0.3 is 0 Å². The lowest BCUT2D eigenvalue weighted by molar-refractivity contribution is -0.0129. The van der Waals surface area contributed by atoms with E-state index in [1.807, 2.05) is 42.1 Å². The zero-order valence-corrected chi connectivity index (χ0v) is 17.2. The maximum absolute atomic E-state index is 13.3. The highest BCUT2D eigenvalue weighted by atomic mass is 32.2. The summed E-state index contributed by atoms with van der Waals surface area (Å²) in [6, 6.07) is 14.1. The number of fused-ring (bicyclic) bond motifs is 3. The van der Waals surface area contributed by atoms with Gasteiger partial charge < -0.3 is 10.1 Å². The third-order valence-electron chi connectivity index (χ3n) is 6.20. The molecule has 1 atom stereocenters. The molecule has 0 bridgehead atoms. The van der Waals surface area contributed by atoms with E-state index >= 15 is 0 Å². The van der Waals surface area contributed by atoms with E-state index in [-0.39, 0.29) is 11.4 Å². The summed E-state index contributed by atoms with van der Waals surface area (Å²) in [6.45, 7) is 4.10. The number of morpholine rings is 1. The molecule has 2 saturated heterocycles. The Kier molecular flexibility index (Phi) is 5.16. The van der Waals surface area contributed by atoms with Gasteiger partial charge in [-0.05, 0) is 35.1 Å². The standard InChI is InChI=1S/C23H25N3O2S/c27-22(25-15-23(7-13-29-16-23)26-9-11-28-12-10-26)20-14-17-4-1-2-5-18(17)19-6-3-8-24-21(19)20/h1-6,8,14H,7,9-13,15-16H2,(H,25,27). The van der Waals surface area contributed by atoms with E-state index < -0.39 is 0 Å². The molecule has 150 valence electrons. The first-order chi connectivity index (χ1) is 14.3. The van der Waals surface area contributed by atoms with Crippen LogP contribution in [-0.2, 0) is 4.74 Å². The van der Waals surface area contributed by atoms with Gasteiger partial charge in [0.15, 0.2) is 0 Å². The largest absolute Gasteiger partial charge is 0.379 e. The van der Waals surface area contributed by atoms with E-state index in [0.717, 1.165) is 65.9 Å². The first-order valence-electron chi connectivity index (χ1n) is 10.2. The molecule has 3 heterocycles. The van der Waals surface area contributed by atoms with Gasteiger partial charge in [0.25, 0.3) is 5.91 Å². The quantitative estimate of drug-likeness (QED) is 0.673. The number of carbonyl (C=O) groups is 1. The van der Waals surface area contributed by atoms with E-state index in [1.165, 1.54) is 0 Å². The number of thioether (sulfide) groups is 1. The fourth-order valence-corrected chi connectivity index (χ4v) is 6.05. The van der Waals surface area contributed by atoms with Crippen molar-refractivity contribution in [3.05, 3.63) is 54.2 Å². The van der Waals surface area contributed by atoms with Crippen molar-refractivity contribution in [2.24, 2.45) is 0 Å². The van der Waals surface area contributed by atoms with Crippen LogP contribution in [0.3, 0.4) is 0 Å². The summed E-state index contributed by atoms with van der Waals surface area (Å²) < 4.78 is 5.54. The van der Waals surface area contributed by atoms with E-state index in [9.17, 15) is 4.79 Å². The van der Waals surface area contributed by atoms with Crippen LogP contribution in [0, 0.1) is 0 Å². The highest BCUT2D eigenvalue weighted by molar-refractivity contribution is 7.99. The number of nitrogens with one attached hydrogen (secondary N) is 1. The van der Waals surface area contributed by atoms with Gasteiger partial charge in [0.05, 0.1) is 24.3 Å². The molecule has 2 aliphatic rings. The van der Waals surface area contributed by atoms with Gasteiger partial charge in [-0.2, -0.15) is 11.8 Å². The molecule has 0 saturated carbocycles. The van der Waals surface area contributed by atoms with Crippen molar-refractivity contribution in [3.63, 3.8) is 0 Å². The number of benzene rings is 2. The summed E-state index contributed by atoms with van der Waals surface area (Å²) in [7, 11) is 0. The second kappa shape index (κ2) is 7.94. The van der Waals surface area contributed by atoms with Crippen LogP contribution < -0.4 is 5.32 Å². The average molecular weight is 408 g/mol. The minimum Gasteiger partial charge on any atom is -0.379 e. The van der Waals surface area contributed by atoms with Crippen LogP contribution in [0.4, 0.5) is 0 Å². The molecule has 2 aromatic carbocycles. The van der Waals surface area contributed by atoms with E-state index in [2.05, 4.69) is 27.3 Å². The third-order valence-corrected chi connectivity index (χ3v) is 7.43. The summed E-state index contributed by atoms with van der Waals surface area (Å²) in [4.78, 5) is 20.4. The van der Waals surface area contributed by atoms with Gasteiger partial charge in [0.1, 0.15) is 0 Å². The Morgan fingerprint density at radius 3 is 2.83 bits per heavy atom. The number of hydrogen-bond acceptors (Lipinski definition) is 5. The van der Waals surface area contributed by atoms with Crippen LogP contribution in [0.25, 0.3) is 21.7 Å². The van der Waals surface area contributed by atoms with E-state index in [1.54, 1.807) is 6.20 Å². The summed E-state index contributed by atoms with van der Waals surface area (Å²) in [5.74, 6) is 2.17. The highest BCUT2D eigenvalue weighted by Gasteiger charge is 2.41. The normalized spacial score (nSPS) is 22.9. The van der Waals surface area contributed by atoms with Crippen molar-refractivity contribution in [3.8, 4) is 0 Å². The monoisotopic (exact) mass is 407 g/mol. The number of pyridine rings is 1. The molecule has 5 rings (SSSR count). The number of nitrogens with zero attached hydrogens (tertiary/aromatic N) is 2. The average Bonchev–Trinajstić information content (AvgIpc) is 3.28. The fourth-order valence-electron chi connectivity index (χ4n) is 4.58. The topological polar surface area (TPSA) is 54.5 Å². The van der Waals surface area contributed by atoms with Crippen LogP contribution in [0.15, 0.2) is 48.7 Å². The second-order valence-electron chi connectivity index (χ2n) is 7.85. The van der Waals surface area contributed by atoms with Crippen molar-refractivity contribution >= 4 is 39.3 Å². The van der Waals surface area contributed by atoms with Crippen molar-refractivity contribution in [2.45, 2.75) is 12.0 Å². The smallest absolute Gasteiger partial charge is 0.253 e. The van der Waals surface area contributed by atoms with E-state index in [0.29, 0.717) is 12.1 Å². The lowest BCUT2D eigenvalue weighted by atomic mass is 9.95. The first-order valence-corrected chi connectivity index (χ1v) is 11.4. The van der Waals surface area contributed by atoms with Gasteiger partial charge in [0.2, 0.25) is 0 Å². The maximum Gasteiger partial charge on any atom is 0.253 e. The Balaban J connectivity index is 1.45. The minimum atomic E-state index is -0.0380. The molecule has 6 heteroatoms. The summed E-state index contributed by atoms with van der Waals surface area (Å²) >= 11 is 1.98. The van der Waals surface area contributed by atoms with Crippen LogP contribution in [0.5, 0.6) is 0 Å². The van der Waals surface area contributed by atoms with Gasteiger partial charge in [-0.25, -0.2) is 0 Å². The van der Waals surface area contributed by atoms with Gasteiger partial charge in [-0.1, -0.05) is 30.3 Å². The first kappa shape index (κ1) is 18.9. The summed E-state index contributed by atoms with van der Waals surface area (Å²) in [6.07, 6.45) is 2.87. The Morgan fingerprint density at radius 1 is 1.17 bits per heavy atom. The number of rotatable bonds is 4. The van der Waals surface area contributed by atoms with Gasteiger partial charge in [-0.15, -0.1) is 0 Å². The molecule has 0 aliphatic carbocycles. The number of carbonyl (C=O) groups excluding carboxylic acids is 1. The lowest BCUT2D eigenvalue weighted by Crippen LogP contribution is -2.59. The second-order valence-corrected chi connectivity index (χ2v) is 8.96. The van der Waals surface area contributed by atoms with Crippen LogP contribution in [0.1, 0.15) is 16.8 Å². The summed E-state index contributed by atoms with van der Waals surface area (Å²) in [5, 5.41) is 6.48. The molecule has 0 spiro atoms. The Bertz CT molecular complexity index is 1040. The number of amides is 1. The molecular weight excluding hydrogens is 382 g/mol. The molecule has 2 aliphatic heterocycles. The Hall–Kier alpha value is -2.15. The Morgan fingerprint density at radius 2 is 2.00 bits per heavy atom. The zero-order valence-electron chi connectivity index (χ0n) is 16.4. The van der Waals surface area contributed by atoms with Crippen molar-refractivity contribution in [2.75, 3.05) is 44.4 Å². The molecule has 2 fully saturated rings. The van der Waals surface area contributed by atoms with Crippen LogP contribution in [0.2, 0.25) is 0 Å². The SMILES string of the molecule is O=C(NCC1(N2CCOCC2)CCSC1)c1cc2ccccc2c2cccnc12.